The lowest BCUT2D eigenvalue weighted by molar-refractivity contribution is 1.21. The molecule has 0 radical (unpaired) electrons. The van der Waals surface area contributed by atoms with E-state index in [0.717, 1.165) is 14.8 Å². The minimum atomic E-state index is 0.392. The monoisotopic (exact) mass is 336 g/mol. The van der Waals surface area contributed by atoms with Crippen LogP contribution in [-0.2, 0) is 0 Å². The first-order valence-corrected chi connectivity index (χ1v) is 5.96. The van der Waals surface area contributed by atoms with E-state index in [4.69, 9.17) is 11.1 Å². The van der Waals surface area contributed by atoms with E-state index in [1.807, 2.05) is 36.4 Å². The topological polar surface area (TPSA) is 74.7 Å². The Bertz CT molecular complexity index is 572. The molecular formula is C12H9IN4. The molecule has 4 nitrogen and oxygen atoms in total. The standard InChI is InChI=1S/C12H9IN4/c13-10-4-1-8(2-5-10)11-6-3-9(7-14)12(16-11)17-15/h1-6H,15H2,(H,16,17). The Labute approximate surface area is 113 Å². The van der Waals surface area contributed by atoms with Crippen molar-refractivity contribution in [3.05, 3.63) is 45.5 Å². The first-order valence-electron chi connectivity index (χ1n) is 4.88. The van der Waals surface area contributed by atoms with Crippen molar-refractivity contribution >= 4 is 28.4 Å². The second-order valence-corrected chi connectivity index (χ2v) is 4.60. The van der Waals surface area contributed by atoms with Crippen LogP contribution in [0.1, 0.15) is 5.56 Å². The number of nitrogen functional groups attached to an aromatic ring is 1. The number of benzene rings is 1. The molecule has 0 saturated carbocycles. The Morgan fingerprint density at radius 1 is 1.18 bits per heavy atom. The predicted octanol–water partition coefficient (Wildman–Crippen LogP) is 2.51. The highest BCUT2D eigenvalue weighted by molar-refractivity contribution is 14.1. The first-order chi connectivity index (χ1) is 8.24. The highest BCUT2D eigenvalue weighted by atomic mass is 127. The number of hydrazine groups is 1. The highest BCUT2D eigenvalue weighted by Gasteiger charge is 2.05. The third-order valence-corrected chi connectivity index (χ3v) is 3.01. The van der Waals surface area contributed by atoms with Gasteiger partial charge >= 0.3 is 0 Å². The molecule has 0 aliphatic heterocycles. The maximum Gasteiger partial charge on any atom is 0.158 e. The molecule has 2 rings (SSSR count). The molecule has 0 aliphatic carbocycles. The number of nitrogens with one attached hydrogen (secondary N) is 1. The van der Waals surface area contributed by atoms with Gasteiger partial charge in [-0.25, -0.2) is 10.8 Å². The van der Waals surface area contributed by atoms with E-state index in [2.05, 4.69) is 33.0 Å². The molecule has 0 atom stereocenters. The van der Waals surface area contributed by atoms with E-state index in [-0.39, 0.29) is 0 Å². The third-order valence-electron chi connectivity index (χ3n) is 2.29. The van der Waals surface area contributed by atoms with E-state index in [1.54, 1.807) is 6.07 Å². The van der Waals surface area contributed by atoms with Crippen molar-refractivity contribution < 1.29 is 0 Å². The van der Waals surface area contributed by atoms with Crippen molar-refractivity contribution in [3.63, 3.8) is 0 Å². The van der Waals surface area contributed by atoms with Gasteiger partial charge in [0.05, 0.1) is 11.3 Å². The molecule has 1 heterocycles. The number of nitriles is 1. The Kier molecular flexibility index (Phi) is 3.56. The van der Waals surface area contributed by atoms with Gasteiger partial charge in [0.2, 0.25) is 0 Å². The van der Waals surface area contributed by atoms with Crippen LogP contribution in [0.3, 0.4) is 0 Å². The van der Waals surface area contributed by atoms with Crippen LogP contribution in [0.25, 0.3) is 11.3 Å². The Hall–Kier alpha value is -1.65. The normalized spacial score (nSPS) is 9.71. The number of hydrogen-bond donors (Lipinski definition) is 2. The second-order valence-electron chi connectivity index (χ2n) is 3.36. The van der Waals surface area contributed by atoms with Crippen LogP contribution in [0.5, 0.6) is 0 Å². The van der Waals surface area contributed by atoms with Crippen molar-refractivity contribution in [2.75, 3.05) is 5.43 Å². The van der Waals surface area contributed by atoms with Crippen LogP contribution in [0.2, 0.25) is 0 Å². The lowest BCUT2D eigenvalue weighted by Crippen LogP contribution is -2.10. The second kappa shape index (κ2) is 5.12. The summed E-state index contributed by atoms with van der Waals surface area (Å²) in [5.74, 6) is 5.72. The summed E-state index contributed by atoms with van der Waals surface area (Å²) in [5.41, 5.74) is 4.64. The van der Waals surface area contributed by atoms with Crippen LogP contribution in [0.15, 0.2) is 36.4 Å². The number of nitrogens with two attached hydrogens (primary N) is 1. The van der Waals surface area contributed by atoms with Gasteiger partial charge in [0.1, 0.15) is 6.07 Å². The number of nitrogens with zero attached hydrogens (tertiary/aromatic N) is 2. The zero-order valence-corrected chi connectivity index (χ0v) is 11.0. The lowest BCUT2D eigenvalue weighted by Gasteiger charge is -2.05. The quantitative estimate of drug-likeness (QED) is 0.502. The van der Waals surface area contributed by atoms with E-state index in [1.165, 1.54) is 0 Å². The molecule has 1 aromatic heterocycles. The lowest BCUT2D eigenvalue weighted by atomic mass is 10.1. The molecule has 0 spiro atoms. The fraction of sp³-hybridized carbons (Fsp3) is 0. The Morgan fingerprint density at radius 3 is 2.47 bits per heavy atom. The van der Waals surface area contributed by atoms with E-state index in [0.29, 0.717) is 11.4 Å². The van der Waals surface area contributed by atoms with Crippen LogP contribution in [-0.4, -0.2) is 4.98 Å². The van der Waals surface area contributed by atoms with Gasteiger partial charge in [-0.1, -0.05) is 12.1 Å². The molecule has 0 bridgehead atoms. The number of rotatable bonds is 2. The number of halogens is 1. The zero-order valence-electron chi connectivity index (χ0n) is 8.81. The molecule has 5 heteroatoms. The van der Waals surface area contributed by atoms with E-state index in [9.17, 15) is 0 Å². The molecule has 84 valence electrons. The summed E-state index contributed by atoms with van der Waals surface area (Å²) >= 11 is 2.25. The summed E-state index contributed by atoms with van der Waals surface area (Å²) in [6.07, 6.45) is 0. The zero-order chi connectivity index (χ0) is 12.3. The smallest absolute Gasteiger partial charge is 0.158 e. The van der Waals surface area contributed by atoms with Crippen LogP contribution in [0, 0.1) is 14.9 Å². The molecular weight excluding hydrogens is 327 g/mol. The summed E-state index contributed by atoms with van der Waals surface area (Å²) in [5, 5.41) is 8.86. The van der Waals surface area contributed by atoms with Crippen LogP contribution < -0.4 is 11.3 Å². The summed E-state index contributed by atoms with van der Waals surface area (Å²) in [7, 11) is 0. The molecule has 1 aromatic carbocycles. The van der Waals surface area contributed by atoms with E-state index < -0.39 is 0 Å². The maximum atomic E-state index is 8.86. The fourth-order valence-electron chi connectivity index (χ4n) is 1.44. The average molecular weight is 336 g/mol. The van der Waals surface area contributed by atoms with Gasteiger partial charge in [0, 0.05) is 9.13 Å². The van der Waals surface area contributed by atoms with Gasteiger partial charge < -0.3 is 5.43 Å². The first kappa shape index (κ1) is 11.8. The van der Waals surface area contributed by atoms with Gasteiger partial charge in [-0.15, -0.1) is 0 Å². The van der Waals surface area contributed by atoms with Gasteiger partial charge in [-0.3, -0.25) is 0 Å². The minimum Gasteiger partial charge on any atom is -0.307 e. The van der Waals surface area contributed by atoms with Gasteiger partial charge in [-0.05, 0) is 46.9 Å². The third kappa shape index (κ3) is 2.54. The van der Waals surface area contributed by atoms with Gasteiger partial charge in [-0.2, -0.15) is 5.26 Å². The number of aromatic nitrogens is 1. The number of pyridine rings is 1. The molecule has 0 fully saturated rings. The van der Waals surface area contributed by atoms with Crippen molar-refractivity contribution in [1.29, 1.82) is 5.26 Å². The fourth-order valence-corrected chi connectivity index (χ4v) is 1.80. The molecule has 3 N–H and O–H groups in total. The van der Waals surface area contributed by atoms with Crippen LogP contribution >= 0.6 is 22.6 Å². The molecule has 0 aliphatic rings. The van der Waals surface area contributed by atoms with Crippen molar-refractivity contribution in [1.82, 2.24) is 4.98 Å². The molecule has 0 amide bonds. The van der Waals surface area contributed by atoms with Gasteiger partial charge in [0.15, 0.2) is 5.82 Å². The summed E-state index contributed by atoms with van der Waals surface area (Å²) in [4.78, 5) is 4.30. The molecule has 0 saturated heterocycles. The van der Waals surface area contributed by atoms with Gasteiger partial charge in [0.25, 0.3) is 0 Å². The molecule has 17 heavy (non-hydrogen) atoms. The average Bonchev–Trinajstić information content (AvgIpc) is 2.39. The summed E-state index contributed by atoms with van der Waals surface area (Å²) in [6.45, 7) is 0. The molecule has 2 aromatic rings. The Balaban J connectivity index is 2.47. The van der Waals surface area contributed by atoms with E-state index >= 15 is 0 Å². The van der Waals surface area contributed by atoms with Crippen molar-refractivity contribution in [3.8, 4) is 17.3 Å². The largest absolute Gasteiger partial charge is 0.307 e. The summed E-state index contributed by atoms with van der Waals surface area (Å²) < 4.78 is 1.16. The number of anilines is 1. The predicted molar refractivity (Wildman–Crippen MR) is 74.9 cm³/mol. The van der Waals surface area contributed by atoms with Crippen LogP contribution in [0.4, 0.5) is 5.82 Å². The summed E-state index contributed by atoms with van der Waals surface area (Å²) in [6, 6.07) is 13.5. The molecule has 0 unspecified atom stereocenters. The number of hydrogen-bond acceptors (Lipinski definition) is 4. The SMILES string of the molecule is N#Cc1ccc(-c2ccc(I)cc2)nc1NN. The minimum absolute atomic E-state index is 0.392. The maximum absolute atomic E-state index is 8.86. The highest BCUT2D eigenvalue weighted by Crippen LogP contribution is 2.21. The van der Waals surface area contributed by atoms with Crippen molar-refractivity contribution in [2.45, 2.75) is 0 Å². The van der Waals surface area contributed by atoms with Crippen molar-refractivity contribution in [2.24, 2.45) is 5.84 Å². The Morgan fingerprint density at radius 2 is 1.88 bits per heavy atom.